The smallest absolute Gasteiger partial charge is 0.148 e. The van der Waals surface area contributed by atoms with Crippen LogP contribution in [0.5, 0.6) is 0 Å². The molecule has 0 bridgehead atoms. The summed E-state index contributed by atoms with van der Waals surface area (Å²) in [7, 11) is 1.90. The summed E-state index contributed by atoms with van der Waals surface area (Å²) in [4.78, 5) is 0. The molecule has 0 aliphatic rings. The fraction of sp³-hybridized carbons (Fsp3) is 0.182. The van der Waals surface area contributed by atoms with Crippen LogP contribution in [0.3, 0.4) is 0 Å². The molecule has 0 aliphatic carbocycles. The number of anilines is 1. The highest BCUT2D eigenvalue weighted by Crippen LogP contribution is 2.24. The zero-order valence-electron chi connectivity index (χ0n) is 8.74. The van der Waals surface area contributed by atoms with Gasteiger partial charge in [-0.3, -0.25) is 4.68 Å². The number of nitrogens with zero attached hydrogens (tertiary/aromatic N) is 2. The van der Waals surface area contributed by atoms with E-state index >= 15 is 0 Å². The molecule has 1 aromatic carbocycles. The number of aryl methyl sites for hydroxylation is 1. The lowest BCUT2D eigenvalue weighted by molar-refractivity contribution is 0.768. The molecule has 0 amide bonds. The van der Waals surface area contributed by atoms with Gasteiger partial charge in [-0.1, -0.05) is 6.07 Å². The molecule has 16 heavy (non-hydrogen) atoms. The summed E-state index contributed by atoms with van der Waals surface area (Å²) in [5.41, 5.74) is 1.21. The van der Waals surface area contributed by atoms with Gasteiger partial charge in [0.15, 0.2) is 0 Å². The molecule has 3 nitrogen and oxygen atoms in total. The van der Waals surface area contributed by atoms with Crippen LogP contribution in [-0.4, -0.2) is 9.78 Å². The van der Waals surface area contributed by atoms with Gasteiger partial charge >= 0.3 is 0 Å². The Morgan fingerprint density at radius 2 is 2.06 bits per heavy atom. The molecule has 1 aromatic heterocycles. The highest BCUT2D eigenvalue weighted by atomic mass is 79.9. The lowest BCUT2D eigenvalue weighted by atomic mass is 10.2. The normalized spacial score (nSPS) is 10.4. The Hall–Kier alpha value is -0.810. The van der Waals surface area contributed by atoms with Crippen LogP contribution >= 0.6 is 31.9 Å². The number of hydrogen-bond donors (Lipinski definition) is 1. The fourth-order valence-corrected chi connectivity index (χ4v) is 2.02. The lowest BCUT2D eigenvalue weighted by Crippen LogP contribution is -2.00. The molecule has 0 radical (unpaired) electrons. The van der Waals surface area contributed by atoms with Crippen molar-refractivity contribution in [3.63, 3.8) is 0 Å². The van der Waals surface area contributed by atoms with Crippen LogP contribution in [0.2, 0.25) is 0 Å². The first-order chi connectivity index (χ1) is 7.65. The third-order valence-electron chi connectivity index (χ3n) is 2.17. The predicted molar refractivity (Wildman–Crippen MR) is 72.4 cm³/mol. The van der Waals surface area contributed by atoms with Gasteiger partial charge in [0, 0.05) is 34.8 Å². The Labute approximate surface area is 111 Å². The molecule has 0 unspecified atom stereocenters. The van der Waals surface area contributed by atoms with Gasteiger partial charge in [0.1, 0.15) is 5.82 Å². The van der Waals surface area contributed by atoms with Gasteiger partial charge in [0.05, 0.1) is 0 Å². The molecule has 1 N–H and O–H groups in total. The van der Waals surface area contributed by atoms with Crippen molar-refractivity contribution in [2.24, 2.45) is 7.05 Å². The van der Waals surface area contributed by atoms with Crippen molar-refractivity contribution in [1.29, 1.82) is 0 Å². The largest absolute Gasteiger partial charge is 0.365 e. The summed E-state index contributed by atoms with van der Waals surface area (Å²) in [6, 6.07) is 8.14. The van der Waals surface area contributed by atoms with Crippen molar-refractivity contribution in [2.75, 3.05) is 5.32 Å². The van der Waals surface area contributed by atoms with Crippen LogP contribution in [0.4, 0.5) is 5.82 Å². The number of nitrogens with one attached hydrogen (secondary N) is 1. The van der Waals surface area contributed by atoms with Crippen molar-refractivity contribution < 1.29 is 0 Å². The maximum absolute atomic E-state index is 4.25. The van der Waals surface area contributed by atoms with Gasteiger partial charge in [-0.25, -0.2) is 0 Å². The molecule has 0 aliphatic heterocycles. The number of halogens is 2. The second kappa shape index (κ2) is 5.01. The van der Waals surface area contributed by atoms with E-state index in [0.717, 1.165) is 21.3 Å². The molecule has 84 valence electrons. The molecule has 1 heterocycles. The van der Waals surface area contributed by atoms with Crippen molar-refractivity contribution in [3.8, 4) is 0 Å². The minimum absolute atomic E-state index is 0.767. The standard InChI is InChI=1S/C11H11Br2N3/c1-16-5-4-11(15-16)14-7-8-2-3-9(12)10(13)6-8/h2-6H,7H2,1H3,(H,14,15). The maximum atomic E-state index is 4.25. The van der Waals surface area contributed by atoms with Gasteiger partial charge in [-0.15, -0.1) is 0 Å². The second-order valence-electron chi connectivity index (χ2n) is 3.48. The molecule has 0 spiro atoms. The van der Waals surface area contributed by atoms with Crippen molar-refractivity contribution in [2.45, 2.75) is 6.54 Å². The lowest BCUT2D eigenvalue weighted by Gasteiger charge is -2.04. The molecule has 0 saturated heterocycles. The van der Waals surface area contributed by atoms with Gasteiger partial charge < -0.3 is 5.32 Å². The SMILES string of the molecule is Cn1ccc(NCc2ccc(Br)c(Br)c2)n1. The number of hydrogen-bond acceptors (Lipinski definition) is 2. The minimum atomic E-state index is 0.767. The van der Waals surface area contributed by atoms with Crippen molar-refractivity contribution in [3.05, 3.63) is 45.0 Å². The van der Waals surface area contributed by atoms with Crippen molar-refractivity contribution >= 4 is 37.7 Å². The zero-order valence-corrected chi connectivity index (χ0v) is 11.9. The van der Waals surface area contributed by atoms with Crippen molar-refractivity contribution in [1.82, 2.24) is 9.78 Å². The minimum Gasteiger partial charge on any atom is -0.365 e. The first-order valence-corrected chi connectivity index (χ1v) is 6.41. The topological polar surface area (TPSA) is 29.9 Å². The van der Waals surface area contributed by atoms with Gasteiger partial charge in [0.2, 0.25) is 0 Å². The fourth-order valence-electron chi connectivity index (χ4n) is 1.35. The summed E-state index contributed by atoms with van der Waals surface area (Å²) >= 11 is 6.93. The number of rotatable bonds is 3. The summed E-state index contributed by atoms with van der Waals surface area (Å²) < 4.78 is 3.90. The van der Waals surface area contributed by atoms with E-state index in [9.17, 15) is 0 Å². The average molecular weight is 345 g/mol. The van der Waals surface area contributed by atoms with E-state index in [1.165, 1.54) is 5.56 Å². The van der Waals surface area contributed by atoms with Gasteiger partial charge in [0.25, 0.3) is 0 Å². The van der Waals surface area contributed by atoms with Crippen LogP contribution in [0.15, 0.2) is 39.4 Å². The van der Waals surface area contributed by atoms with E-state index in [0.29, 0.717) is 0 Å². The number of benzene rings is 1. The summed E-state index contributed by atoms with van der Waals surface area (Å²) in [6.45, 7) is 0.767. The molecule has 0 fully saturated rings. The molecule has 5 heteroatoms. The van der Waals surface area contributed by atoms with E-state index < -0.39 is 0 Å². The molecular weight excluding hydrogens is 334 g/mol. The Balaban J connectivity index is 2.02. The quantitative estimate of drug-likeness (QED) is 0.922. The Bertz CT molecular complexity index is 494. The Morgan fingerprint density at radius 3 is 2.69 bits per heavy atom. The van der Waals surface area contributed by atoms with Crippen LogP contribution < -0.4 is 5.32 Å². The Kier molecular flexibility index (Phi) is 3.66. The molecule has 2 aromatic rings. The van der Waals surface area contributed by atoms with Gasteiger partial charge in [-0.05, 0) is 49.6 Å². The zero-order chi connectivity index (χ0) is 11.5. The van der Waals surface area contributed by atoms with Crippen LogP contribution in [-0.2, 0) is 13.6 Å². The number of aromatic nitrogens is 2. The average Bonchev–Trinajstić information content (AvgIpc) is 2.66. The first-order valence-electron chi connectivity index (χ1n) is 4.82. The van der Waals surface area contributed by atoms with E-state index in [4.69, 9.17) is 0 Å². The second-order valence-corrected chi connectivity index (χ2v) is 5.19. The van der Waals surface area contributed by atoms with Crippen LogP contribution in [0.25, 0.3) is 0 Å². The molecule has 0 saturated carbocycles. The summed E-state index contributed by atoms with van der Waals surface area (Å²) in [5, 5.41) is 7.51. The van der Waals surface area contributed by atoms with Crippen LogP contribution in [0.1, 0.15) is 5.56 Å². The third-order valence-corrected chi connectivity index (χ3v) is 4.05. The van der Waals surface area contributed by atoms with E-state index in [1.54, 1.807) is 4.68 Å². The summed E-state index contributed by atoms with van der Waals surface area (Å²) in [6.07, 6.45) is 1.92. The van der Waals surface area contributed by atoms with E-state index in [1.807, 2.05) is 25.4 Å². The monoisotopic (exact) mass is 343 g/mol. The highest BCUT2D eigenvalue weighted by molar-refractivity contribution is 9.13. The maximum Gasteiger partial charge on any atom is 0.148 e. The summed E-state index contributed by atoms with van der Waals surface area (Å²) in [5.74, 6) is 0.890. The first kappa shape index (κ1) is 11.7. The van der Waals surface area contributed by atoms with E-state index in [2.05, 4.69) is 54.4 Å². The predicted octanol–water partition coefficient (Wildman–Crippen LogP) is 3.56. The van der Waals surface area contributed by atoms with Crippen LogP contribution in [0, 0.1) is 0 Å². The molecule has 2 rings (SSSR count). The van der Waals surface area contributed by atoms with Gasteiger partial charge in [-0.2, -0.15) is 5.10 Å². The molecule has 0 atom stereocenters. The Morgan fingerprint density at radius 1 is 1.25 bits per heavy atom. The highest BCUT2D eigenvalue weighted by Gasteiger charge is 2.00. The molecular formula is C11H11Br2N3. The van der Waals surface area contributed by atoms with E-state index in [-0.39, 0.29) is 0 Å². The third kappa shape index (κ3) is 2.86.